The molecular formula is C20H31N2O3+. The van der Waals surface area contributed by atoms with Gasteiger partial charge in [-0.2, -0.15) is 0 Å². The second-order valence-corrected chi connectivity index (χ2v) is 7.16. The van der Waals surface area contributed by atoms with Crippen LogP contribution in [0.25, 0.3) is 0 Å². The van der Waals surface area contributed by atoms with Crippen LogP contribution in [0.3, 0.4) is 0 Å². The number of rotatable bonds is 7. The van der Waals surface area contributed by atoms with Crippen LogP contribution in [0.5, 0.6) is 5.75 Å². The van der Waals surface area contributed by atoms with Gasteiger partial charge < -0.3 is 19.7 Å². The fourth-order valence-electron chi connectivity index (χ4n) is 3.79. The fraction of sp³-hybridized carbons (Fsp3) is 0.650. The molecule has 3 rings (SSSR count). The number of quaternary nitrogens is 1. The molecule has 25 heavy (non-hydrogen) atoms. The highest BCUT2D eigenvalue weighted by Gasteiger charge is 2.28. The third-order valence-corrected chi connectivity index (χ3v) is 5.28. The van der Waals surface area contributed by atoms with E-state index in [1.54, 1.807) is 4.90 Å². The summed E-state index contributed by atoms with van der Waals surface area (Å²) in [7, 11) is 0. The van der Waals surface area contributed by atoms with Crippen LogP contribution in [0.1, 0.15) is 38.2 Å². The van der Waals surface area contributed by atoms with Crippen LogP contribution in [0, 0.1) is 5.92 Å². The summed E-state index contributed by atoms with van der Waals surface area (Å²) < 4.78 is 11.1. The maximum atomic E-state index is 12.3. The summed E-state index contributed by atoms with van der Waals surface area (Å²) >= 11 is 0. The number of ether oxygens (including phenoxy) is 2. The summed E-state index contributed by atoms with van der Waals surface area (Å²) in [5.41, 5.74) is 1.33. The summed E-state index contributed by atoms with van der Waals surface area (Å²) in [6.07, 6.45) is 4.38. The van der Waals surface area contributed by atoms with E-state index in [2.05, 4.69) is 17.4 Å². The minimum Gasteiger partial charge on any atom is -0.494 e. The smallest absolute Gasteiger partial charge is 0.223 e. The lowest BCUT2D eigenvalue weighted by atomic mass is 9.95. The van der Waals surface area contributed by atoms with E-state index >= 15 is 0 Å². The van der Waals surface area contributed by atoms with Gasteiger partial charge in [-0.15, -0.1) is 0 Å². The average Bonchev–Trinajstić information content (AvgIpc) is 3.16. The summed E-state index contributed by atoms with van der Waals surface area (Å²) in [5, 5.41) is 3.09. The molecule has 0 saturated carbocycles. The molecule has 0 spiro atoms. The quantitative estimate of drug-likeness (QED) is 0.779. The highest BCUT2D eigenvalue weighted by Crippen LogP contribution is 2.14. The number of piperidine rings is 1. The highest BCUT2D eigenvalue weighted by molar-refractivity contribution is 5.78. The first-order chi connectivity index (χ1) is 12.2. The molecule has 2 heterocycles. The van der Waals surface area contributed by atoms with E-state index in [-0.39, 0.29) is 17.9 Å². The van der Waals surface area contributed by atoms with E-state index in [1.807, 2.05) is 19.1 Å². The molecule has 1 aromatic carbocycles. The molecule has 0 unspecified atom stereocenters. The zero-order valence-electron chi connectivity index (χ0n) is 15.3. The Morgan fingerprint density at radius 2 is 2.00 bits per heavy atom. The van der Waals surface area contributed by atoms with Crippen molar-refractivity contribution in [1.82, 2.24) is 5.32 Å². The van der Waals surface area contributed by atoms with Crippen molar-refractivity contribution in [3.63, 3.8) is 0 Å². The lowest BCUT2D eigenvalue weighted by Gasteiger charge is -2.29. The summed E-state index contributed by atoms with van der Waals surface area (Å²) in [6, 6.07) is 8.39. The summed E-state index contributed by atoms with van der Waals surface area (Å²) in [6.45, 7) is 7.37. The molecule has 1 amide bonds. The Labute approximate surface area is 150 Å². The van der Waals surface area contributed by atoms with Crippen molar-refractivity contribution >= 4 is 5.91 Å². The third kappa shape index (κ3) is 5.44. The van der Waals surface area contributed by atoms with Crippen molar-refractivity contribution in [2.45, 2.75) is 45.3 Å². The number of hydrogen-bond acceptors (Lipinski definition) is 3. The van der Waals surface area contributed by atoms with Crippen LogP contribution in [0.4, 0.5) is 0 Å². The lowest BCUT2D eigenvalue weighted by Crippen LogP contribution is -3.11. The molecule has 2 aliphatic heterocycles. The number of carbonyl (C=O) groups excluding carboxylic acids is 1. The molecule has 138 valence electrons. The Hall–Kier alpha value is -1.59. The fourth-order valence-corrected chi connectivity index (χ4v) is 3.79. The number of amides is 1. The van der Waals surface area contributed by atoms with Crippen molar-refractivity contribution < 1.29 is 19.2 Å². The van der Waals surface area contributed by atoms with Crippen molar-refractivity contribution in [2.24, 2.45) is 5.92 Å². The van der Waals surface area contributed by atoms with E-state index < -0.39 is 0 Å². The van der Waals surface area contributed by atoms with E-state index in [0.29, 0.717) is 13.2 Å². The monoisotopic (exact) mass is 347 g/mol. The molecule has 2 fully saturated rings. The second-order valence-electron chi connectivity index (χ2n) is 7.16. The Bertz CT molecular complexity index is 532. The summed E-state index contributed by atoms with van der Waals surface area (Å²) in [5.74, 6) is 1.32. The largest absolute Gasteiger partial charge is 0.494 e. The van der Waals surface area contributed by atoms with E-state index in [0.717, 1.165) is 57.7 Å². The Morgan fingerprint density at radius 1 is 1.24 bits per heavy atom. The van der Waals surface area contributed by atoms with Crippen LogP contribution < -0.4 is 15.0 Å². The van der Waals surface area contributed by atoms with Gasteiger partial charge >= 0.3 is 0 Å². The maximum absolute atomic E-state index is 12.3. The minimum absolute atomic E-state index is 0.172. The second kappa shape index (κ2) is 9.20. The first-order valence-corrected chi connectivity index (χ1v) is 9.69. The van der Waals surface area contributed by atoms with Crippen molar-refractivity contribution in [3.8, 4) is 5.75 Å². The molecule has 0 aromatic heterocycles. The van der Waals surface area contributed by atoms with Gasteiger partial charge in [0.15, 0.2) is 0 Å². The Kier molecular flexibility index (Phi) is 6.70. The van der Waals surface area contributed by atoms with Gasteiger partial charge in [0.05, 0.1) is 25.8 Å². The molecular weight excluding hydrogens is 316 g/mol. The summed E-state index contributed by atoms with van der Waals surface area (Å²) in [4.78, 5) is 13.9. The number of carbonyl (C=O) groups is 1. The normalized spacial score (nSPS) is 26.4. The van der Waals surface area contributed by atoms with E-state index in [4.69, 9.17) is 9.47 Å². The number of benzene rings is 1. The third-order valence-electron chi connectivity index (χ3n) is 5.28. The maximum Gasteiger partial charge on any atom is 0.223 e. The predicted molar refractivity (Wildman–Crippen MR) is 96.7 cm³/mol. The number of nitrogens with one attached hydrogen (secondary N) is 2. The molecule has 2 aliphatic rings. The van der Waals surface area contributed by atoms with Gasteiger partial charge in [-0.05, 0) is 44.0 Å². The SMILES string of the molecule is CCOc1ccc(C[NH+]2CCC(C(=O)NC[C@@H]3CCCO3)CC2)cc1. The molecule has 2 N–H and O–H groups in total. The zero-order chi connectivity index (χ0) is 17.5. The molecule has 5 heteroatoms. The Balaban J connectivity index is 1.38. The van der Waals surface area contributed by atoms with Gasteiger partial charge in [0.2, 0.25) is 5.91 Å². The van der Waals surface area contributed by atoms with Crippen LogP contribution in [-0.4, -0.2) is 44.9 Å². The number of hydrogen-bond donors (Lipinski definition) is 2. The standard InChI is InChI=1S/C20H30N2O3/c1-2-24-18-7-5-16(6-8-18)15-22-11-9-17(10-12-22)20(23)21-14-19-4-3-13-25-19/h5-8,17,19H,2-4,9-15H2,1H3,(H,21,23)/p+1/t19-/m0/s1. The van der Waals surface area contributed by atoms with Crippen LogP contribution in [-0.2, 0) is 16.1 Å². The molecule has 0 radical (unpaired) electrons. The first kappa shape index (κ1) is 18.2. The topological polar surface area (TPSA) is 52.0 Å². The van der Waals surface area contributed by atoms with Gasteiger partial charge in [0.25, 0.3) is 0 Å². The van der Waals surface area contributed by atoms with E-state index in [1.165, 1.54) is 5.56 Å². The van der Waals surface area contributed by atoms with Gasteiger partial charge in [-0.1, -0.05) is 0 Å². The van der Waals surface area contributed by atoms with E-state index in [9.17, 15) is 4.79 Å². The minimum atomic E-state index is 0.172. The van der Waals surface area contributed by atoms with Crippen molar-refractivity contribution in [3.05, 3.63) is 29.8 Å². The molecule has 2 saturated heterocycles. The lowest BCUT2D eigenvalue weighted by molar-refractivity contribution is -0.919. The molecule has 5 nitrogen and oxygen atoms in total. The van der Waals surface area contributed by atoms with Gasteiger partial charge in [-0.3, -0.25) is 4.79 Å². The number of likely N-dealkylation sites (tertiary alicyclic amines) is 1. The molecule has 0 aliphatic carbocycles. The van der Waals surface area contributed by atoms with Gasteiger partial charge in [-0.25, -0.2) is 0 Å². The highest BCUT2D eigenvalue weighted by atomic mass is 16.5. The van der Waals surface area contributed by atoms with Gasteiger partial charge in [0, 0.05) is 37.5 Å². The predicted octanol–water partition coefficient (Wildman–Crippen LogP) is 1.18. The molecule has 0 bridgehead atoms. The molecule has 1 atom stereocenters. The van der Waals surface area contributed by atoms with Crippen LogP contribution >= 0.6 is 0 Å². The van der Waals surface area contributed by atoms with Gasteiger partial charge in [0.1, 0.15) is 12.3 Å². The first-order valence-electron chi connectivity index (χ1n) is 9.69. The zero-order valence-corrected chi connectivity index (χ0v) is 15.3. The van der Waals surface area contributed by atoms with Crippen molar-refractivity contribution in [1.29, 1.82) is 0 Å². The van der Waals surface area contributed by atoms with Crippen LogP contribution in [0.2, 0.25) is 0 Å². The molecule has 1 aromatic rings. The Morgan fingerprint density at radius 3 is 2.64 bits per heavy atom. The average molecular weight is 347 g/mol. The van der Waals surface area contributed by atoms with Crippen molar-refractivity contribution in [2.75, 3.05) is 32.8 Å². The van der Waals surface area contributed by atoms with Crippen LogP contribution in [0.15, 0.2) is 24.3 Å².